The van der Waals surface area contributed by atoms with Gasteiger partial charge in [-0.05, 0) is 32.6 Å². The smallest absolute Gasteiger partial charge is 0.317 e. The van der Waals surface area contributed by atoms with Crippen molar-refractivity contribution in [1.29, 1.82) is 0 Å². The predicted molar refractivity (Wildman–Crippen MR) is 85.2 cm³/mol. The molecule has 0 radical (unpaired) electrons. The Hall–Kier alpha value is -1.10. The average Bonchev–Trinajstić information content (AvgIpc) is 2.23. The summed E-state index contributed by atoms with van der Waals surface area (Å²) in [6.07, 6.45) is 0. The fourth-order valence-electron chi connectivity index (χ4n) is 2.12. The van der Waals surface area contributed by atoms with Crippen molar-refractivity contribution in [3.63, 3.8) is 0 Å². The molecule has 21 heavy (non-hydrogen) atoms. The van der Waals surface area contributed by atoms with Crippen molar-refractivity contribution in [3.8, 4) is 0 Å². The van der Waals surface area contributed by atoms with E-state index in [0.717, 1.165) is 0 Å². The van der Waals surface area contributed by atoms with Crippen LogP contribution in [0.2, 0.25) is 0 Å². The van der Waals surface area contributed by atoms with Gasteiger partial charge in [0, 0.05) is 18.6 Å². The quantitative estimate of drug-likeness (QED) is 0.747. The highest BCUT2D eigenvalue weighted by atomic mass is 16.4. The zero-order valence-corrected chi connectivity index (χ0v) is 14.6. The molecule has 0 aliphatic heterocycles. The number of amides is 1. The van der Waals surface area contributed by atoms with Crippen LogP contribution in [0.4, 0.5) is 0 Å². The molecule has 1 amide bonds. The second-order valence-corrected chi connectivity index (χ2v) is 7.51. The largest absolute Gasteiger partial charge is 0.480 e. The lowest BCUT2D eigenvalue weighted by Gasteiger charge is -2.36. The molecule has 1 N–H and O–H groups in total. The number of aliphatic carboxylic acids is 1. The van der Waals surface area contributed by atoms with Crippen molar-refractivity contribution in [1.82, 2.24) is 9.80 Å². The van der Waals surface area contributed by atoms with Crippen LogP contribution < -0.4 is 0 Å². The minimum Gasteiger partial charge on any atom is -0.480 e. The zero-order chi connectivity index (χ0) is 16.8. The summed E-state index contributed by atoms with van der Waals surface area (Å²) in [5.41, 5.74) is -0.352. The molecule has 0 rings (SSSR count). The van der Waals surface area contributed by atoms with Gasteiger partial charge in [0.1, 0.15) is 0 Å². The van der Waals surface area contributed by atoms with E-state index in [2.05, 4.69) is 27.7 Å². The lowest BCUT2D eigenvalue weighted by Crippen LogP contribution is -2.51. The molecular formula is C16H32N2O3. The van der Waals surface area contributed by atoms with E-state index in [9.17, 15) is 9.59 Å². The van der Waals surface area contributed by atoms with Crippen LogP contribution in [0.5, 0.6) is 0 Å². The monoisotopic (exact) mass is 300 g/mol. The fourth-order valence-corrected chi connectivity index (χ4v) is 2.12. The van der Waals surface area contributed by atoms with Gasteiger partial charge in [0.2, 0.25) is 5.91 Å². The summed E-state index contributed by atoms with van der Waals surface area (Å²) >= 11 is 0. The standard InChI is InChI=1S/C16H32N2O3/c1-12(2)8-17(9-13(3)4)14(19)10-18(11-15(20)21)16(5,6)7/h12-13H,8-11H2,1-7H3,(H,20,21). The zero-order valence-electron chi connectivity index (χ0n) is 14.6. The molecule has 0 spiro atoms. The third-order valence-electron chi connectivity index (χ3n) is 3.12. The van der Waals surface area contributed by atoms with Gasteiger partial charge in [0.25, 0.3) is 0 Å². The molecule has 0 aromatic carbocycles. The van der Waals surface area contributed by atoms with E-state index in [-0.39, 0.29) is 24.5 Å². The van der Waals surface area contributed by atoms with Crippen LogP contribution in [0.15, 0.2) is 0 Å². The summed E-state index contributed by atoms with van der Waals surface area (Å²) in [6.45, 7) is 15.6. The summed E-state index contributed by atoms with van der Waals surface area (Å²) in [7, 11) is 0. The number of hydrogen-bond donors (Lipinski definition) is 1. The van der Waals surface area contributed by atoms with Gasteiger partial charge in [0.15, 0.2) is 0 Å². The highest BCUT2D eigenvalue weighted by Gasteiger charge is 2.28. The molecule has 0 saturated heterocycles. The van der Waals surface area contributed by atoms with E-state index in [4.69, 9.17) is 5.11 Å². The summed E-state index contributed by atoms with van der Waals surface area (Å²) in [5.74, 6) is -0.101. The van der Waals surface area contributed by atoms with E-state index >= 15 is 0 Å². The van der Waals surface area contributed by atoms with Crippen LogP contribution in [0, 0.1) is 11.8 Å². The van der Waals surface area contributed by atoms with Crippen molar-refractivity contribution in [2.24, 2.45) is 11.8 Å². The lowest BCUT2D eigenvalue weighted by atomic mass is 10.1. The average molecular weight is 300 g/mol. The predicted octanol–water partition coefficient (Wildman–Crippen LogP) is 2.31. The summed E-state index contributed by atoms with van der Waals surface area (Å²) in [5, 5.41) is 9.02. The SMILES string of the molecule is CC(C)CN(CC(C)C)C(=O)CN(CC(=O)O)C(C)(C)C. The van der Waals surface area contributed by atoms with Gasteiger partial charge in [0.05, 0.1) is 13.1 Å². The van der Waals surface area contributed by atoms with Gasteiger partial charge in [-0.1, -0.05) is 27.7 Å². The first-order chi connectivity index (χ1) is 9.43. The van der Waals surface area contributed by atoms with Gasteiger partial charge < -0.3 is 10.0 Å². The van der Waals surface area contributed by atoms with E-state index < -0.39 is 5.97 Å². The van der Waals surface area contributed by atoms with Crippen molar-refractivity contribution in [2.45, 2.75) is 54.0 Å². The molecule has 0 atom stereocenters. The molecule has 0 bridgehead atoms. The Bertz CT molecular complexity index is 336. The minimum atomic E-state index is -0.906. The maximum atomic E-state index is 12.5. The molecule has 5 heteroatoms. The van der Waals surface area contributed by atoms with E-state index in [1.54, 1.807) is 4.90 Å². The first-order valence-electron chi connectivity index (χ1n) is 7.68. The van der Waals surface area contributed by atoms with Crippen LogP contribution in [0.3, 0.4) is 0 Å². The minimum absolute atomic E-state index is 0.00794. The Labute approximate surface area is 129 Å². The molecule has 0 unspecified atom stereocenters. The van der Waals surface area contributed by atoms with Crippen molar-refractivity contribution < 1.29 is 14.7 Å². The number of carbonyl (C=O) groups excluding carboxylic acids is 1. The molecule has 0 aliphatic rings. The maximum Gasteiger partial charge on any atom is 0.317 e. The second-order valence-electron chi connectivity index (χ2n) is 7.51. The first kappa shape index (κ1) is 19.9. The van der Waals surface area contributed by atoms with Crippen LogP contribution in [-0.4, -0.2) is 58.5 Å². The van der Waals surface area contributed by atoms with Crippen molar-refractivity contribution in [3.05, 3.63) is 0 Å². The Morgan fingerprint density at radius 2 is 1.38 bits per heavy atom. The Balaban J connectivity index is 4.93. The Kier molecular flexibility index (Phi) is 7.93. The van der Waals surface area contributed by atoms with E-state index in [1.807, 2.05) is 25.7 Å². The molecule has 5 nitrogen and oxygen atoms in total. The van der Waals surface area contributed by atoms with Gasteiger partial charge in [-0.2, -0.15) is 0 Å². The molecule has 0 aromatic rings. The number of carboxylic acid groups (broad SMARTS) is 1. The lowest BCUT2D eigenvalue weighted by molar-refractivity contribution is -0.142. The number of nitrogens with zero attached hydrogens (tertiary/aromatic N) is 2. The van der Waals surface area contributed by atoms with Crippen LogP contribution in [0.1, 0.15) is 48.5 Å². The number of hydrogen-bond acceptors (Lipinski definition) is 3. The molecule has 0 aromatic heterocycles. The molecule has 0 aliphatic carbocycles. The second kappa shape index (κ2) is 8.37. The highest BCUT2D eigenvalue weighted by Crippen LogP contribution is 2.14. The summed E-state index contributed by atoms with van der Waals surface area (Å²) < 4.78 is 0. The van der Waals surface area contributed by atoms with Crippen molar-refractivity contribution >= 4 is 11.9 Å². The van der Waals surface area contributed by atoms with Crippen molar-refractivity contribution in [2.75, 3.05) is 26.2 Å². The van der Waals surface area contributed by atoms with E-state index in [1.165, 1.54) is 0 Å². The van der Waals surface area contributed by atoms with Gasteiger partial charge >= 0.3 is 5.97 Å². The van der Waals surface area contributed by atoms with E-state index in [0.29, 0.717) is 24.9 Å². The third-order valence-corrected chi connectivity index (χ3v) is 3.12. The molecular weight excluding hydrogens is 268 g/mol. The van der Waals surface area contributed by atoms with Crippen LogP contribution in [0.25, 0.3) is 0 Å². The summed E-state index contributed by atoms with van der Waals surface area (Å²) in [6, 6.07) is 0. The van der Waals surface area contributed by atoms with Crippen LogP contribution in [-0.2, 0) is 9.59 Å². The van der Waals surface area contributed by atoms with Gasteiger partial charge in [-0.15, -0.1) is 0 Å². The fraction of sp³-hybridized carbons (Fsp3) is 0.875. The molecule has 0 fully saturated rings. The Morgan fingerprint density at radius 3 is 1.67 bits per heavy atom. The summed E-state index contributed by atoms with van der Waals surface area (Å²) in [4.78, 5) is 27.1. The number of rotatable bonds is 8. The topological polar surface area (TPSA) is 60.9 Å². The number of carbonyl (C=O) groups is 2. The first-order valence-corrected chi connectivity index (χ1v) is 7.68. The molecule has 0 heterocycles. The van der Waals surface area contributed by atoms with Gasteiger partial charge in [-0.25, -0.2) is 0 Å². The number of carboxylic acids is 1. The molecule has 0 saturated carbocycles. The third kappa shape index (κ3) is 8.71. The normalized spacial score (nSPS) is 12.3. The highest BCUT2D eigenvalue weighted by molar-refractivity contribution is 5.79. The Morgan fingerprint density at radius 1 is 0.952 bits per heavy atom. The maximum absolute atomic E-state index is 12.5. The van der Waals surface area contributed by atoms with Gasteiger partial charge in [-0.3, -0.25) is 14.5 Å². The van der Waals surface area contributed by atoms with Crippen LogP contribution >= 0.6 is 0 Å². The molecule has 124 valence electrons.